The van der Waals surface area contributed by atoms with Gasteiger partial charge in [-0.3, -0.25) is 10.1 Å². The van der Waals surface area contributed by atoms with Crippen molar-refractivity contribution in [2.75, 3.05) is 31.4 Å². The summed E-state index contributed by atoms with van der Waals surface area (Å²) >= 11 is 0. The second-order valence-corrected chi connectivity index (χ2v) is 3.21. The number of anilines is 2. The third-order valence-corrected chi connectivity index (χ3v) is 1.87. The summed E-state index contributed by atoms with van der Waals surface area (Å²) < 4.78 is 0. The molecular formula is C8H13N5O2. The summed E-state index contributed by atoms with van der Waals surface area (Å²) in [6.45, 7) is 1.59. The molecule has 0 radical (unpaired) electrons. The highest BCUT2D eigenvalue weighted by atomic mass is 16.6. The average molecular weight is 211 g/mol. The summed E-state index contributed by atoms with van der Waals surface area (Å²) in [6.07, 6.45) is 0. The molecule has 15 heavy (non-hydrogen) atoms. The van der Waals surface area contributed by atoms with E-state index in [-0.39, 0.29) is 11.5 Å². The van der Waals surface area contributed by atoms with E-state index < -0.39 is 4.92 Å². The normalized spacial score (nSPS) is 9.87. The molecule has 0 bridgehead atoms. The lowest BCUT2D eigenvalue weighted by molar-refractivity contribution is -0.385. The van der Waals surface area contributed by atoms with Gasteiger partial charge in [0.2, 0.25) is 11.8 Å². The first kappa shape index (κ1) is 11.2. The van der Waals surface area contributed by atoms with Gasteiger partial charge in [-0.2, -0.15) is 4.98 Å². The lowest BCUT2D eigenvalue weighted by Crippen LogP contribution is -2.15. The molecule has 0 spiro atoms. The van der Waals surface area contributed by atoms with Gasteiger partial charge in [0.1, 0.15) is 5.69 Å². The van der Waals surface area contributed by atoms with E-state index in [9.17, 15) is 10.1 Å². The molecule has 1 heterocycles. The summed E-state index contributed by atoms with van der Waals surface area (Å²) in [7, 11) is 5.15. The smallest absolute Gasteiger partial charge is 0.332 e. The molecule has 0 saturated heterocycles. The molecular weight excluding hydrogens is 198 g/mol. The minimum atomic E-state index is -0.486. The topological polar surface area (TPSA) is 84.2 Å². The number of hydrogen-bond acceptors (Lipinski definition) is 6. The molecule has 0 aliphatic carbocycles. The van der Waals surface area contributed by atoms with Crippen LogP contribution in [-0.4, -0.2) is 36.0 Å². The number of nitrogens with one attached hydrogen (secondary N) is 1. The lowest BCUT2D eigenvalue weighted by atomic mass is 10.3. The Balaban J connectivity index is 3.37. The molecule has 0 aliphatic heterocycles. The Labute approximate surface area is 87.3 Å². The molecule has 1 aromatic rings. The van der Waals surface area contributed by atoms with Gasteiger partial charge in [0.05, 0.1) is 4.92 Å². The number of rotatable bonds is 3. The number of nitro groups is 1. The third-order valence-electron chi connectivity index (χ3n) is 1.87. The van der Waals surface area contributed by atoms with Gasteiger partial charge in [0.15, 0.2) is 0 Å². The molecule has 82 valence electrons. The zero-order valence-electron chi connectivity index (χ0n) is 9.11. The van der Waals surface area contributed by atoms with Crippen LogP contribution in [0.15, 0.2) is 0 Å². The van der Waals surface area contributed by atoms with E-state index in [1.165, 1.54) is 0 Å². The molecule has 0 amide bonds. The van der Waals surface area contributed by atoms with Crippen molar-refractivity contribution in [1.82, 2.24) is 9.97 Å². The summed E-state index contributed by atoms with van der Waals surface area (Å²) in [6, 6.07) is 0. The van der Waals surface area contributed by atoms with Crippen molar-refractivity contribution < 1.29 is 4.92 Å². The Kier molecular flexibility index (Phi) is 3.03. The van der Waals surface area contributed by atoms with Gasteiger partial charge >= 0.3 is 5.69 Å². The van der Waals surface area contributed by atoms with Gasteiger partial charge in [-0.25, -0.2) is 4.98 Å². The second-order valence-electron chi connectivity index (χ2n) is 3.21. The number of nitrogens with zero attached hydrogens (tertiary/aromatic N) is 4. The minimum absolute atomic E-state index is 0.0805. The van der Waals surface area contributed by atoms with Crippen molar-refractivity contribution in [3.05, 3.63) is 15.8 Å². The fourth-order valence-electron chi connectivity index (χ4n) is 1.15. The van der Waals surface area contributed by atoms with Gasteiger partial charge in [-0.05, 0) is 6.92 Å². The Bertz CT molecular complexity index is 391. The van der Waals surface area contributed by atoms with Crippen molar-refractivity contribution in [1.29, 1.82) is 0 Å². The van der Waals surface area contributed by atoms with Crippen molar-refractivity contribution in [3.8, 4) is 0 Å². The van der Waals surface area contributed by atoms with Crippen molar-refractivity contribution >= 4 is 17.5 Å². The first-order valence-corrected chi connectivity index (χ1v) is 4.35. The summed E-state index contributed by atoms with van der Waals surface area (Å²) in [5.74, 6) is 0.679. The molecule has 0 unspecified atom stereocenters. The van der Waals surface area contributed by atoms with E-state index in [0.29, 0.717) is 11.6 Å². The monoisotopic (exact) mass is 211 g/mol. The van der Waals surface area contributed by atoms with Crippen molar-refractivity contribution in [3.63, 3.8) is 0 Å². The fraction of sp³-hybridized carbons (Fsp3) is 0.500. The summed E-state index contributed by atoms with van der Waals surface area (Å²) in [4.78, 5) is 20.0. The van der Waals surface area contributed by atoms with Crippen LogP contribution in [0.25, 0.3) is 0 Å². The maximum absolute atomic E-state index is 10.8. The molecule has 1 N–H and O–H groups in total. The van der Waals surface area contributed by atoms with Crippen LogP contribution in [0.3, 0.4) is 0 Å². The van der Waals surface area contributed by atoms with Crippen molar-refractivity contribution in [2.45, 2.75) is 6.92 Å². The number of aromatic nitrogens is 2. The highest BCUT2D eigenvalue weighted by molar-refractivity contribution is 5.60. The second kappa shape index (κ2) is 4.07. The van der Waals surface area contributed by atoms with Gasteiger partial charge in [-0.15, -0.1) is 0 Å². The maximum atomic E-state index is 10.8. The van der Waals surface area contributed by atoms with E-state index in [2.05, 4.69) is 15.3 Å². The molecule has 0 fully saturated rings. The molecule has 7 heteroatoms. The largest absolute Gasteiger partial charge is 0.367 e. The average Bonchev–Trinajstić information content (AvgIpc) is 2.15. The van der Waals surface area contributed by atoms with Crippen LogP contribution in [-0.2, 0) is 0 Å². The van der Waals surface area contributed by atoms with Gasteiger partial charge in [0.25, 0.3) is 0 Å². The summed E-state index contributed by atoms with van der Waals surface area (Å²) in [5.41, 5.74) is 0.270. The predicted octanol–water partition coefficient (Wildman–Crippen LogP) is 0.801. The molecule has 0 aromatic carbocycles. The quantitative estimate of drug-likeness (QED) is 0.588. The zero-order chi connectivity index (χ0) is 11.6. The van der Waals surface area contributed by atoms with Crippen LogP contribution in [0.4, 0.5) is 17.5 Å². The predicted molar refractivity (Wildman–Crippen MR) is 57.3 cm³/mol. The van der Waals surface area contributed by atoms with Gasteiger partial charge < -0.3 is 10.2 Å². The summed E-state index contributed by atoms with van der Waals surface area (Å²) in [5, 5.41) is 13.4. The Morgan fingerprint density at radius 1 is 1.40 bits per heavy atom. The minimum Gasteiger partial charge on any atom is -0.367 e. The van der Waals surface area contributed by atoms with Crippen molar-refractivity contribution in [2.24, 2.45) is 0 Å². The Morgan fingerprint density at radius 3 is 2.40 bits per heavy atom. The van der Waals surface area contributed by atoms with Gasteiger partial charge in [-0.1, -0.05) is 0 Å². The highest BCUT2D eigenvalue weighted by Crippen LogP contribution is 2.26. The van der Waals surface area contributed by atoms with Crippen LogP contribution in [0.1, 0.15) is 5.69 Å². The van der Waals surface area contributed by atoms with E-state index in [1.54, 1.807) is 33.0 Å². The van der Waals surface area contributed by atoms with E-state index in [1.807, 2.05) is 0 Å². The van der Waals surface area contributed by atoms with E-state index in [0.717, 1.165) is 0 Å². The van der Waals surface area contributed by atoms with Crippen LogP contribution in [0.5, 0.6) is 0 Å². The van der Waals surface area contributed by atoms with Gasteiger partial charge in [0, 0.05) is 21.1 Å². The first-order valence-electron chi connectivity index (χ1n) is 4.35. The fourth-order valence-corrected chi connectivity index (χ4v) is 1.15. The van der Waals surface area contributed by atoms with Crippen LogP contribution < -0.4 is 10.2 Å². The Morgan fingerprint density at radius 2 is 2.00 bits per heavy atom. The number of hydrogen-bond donors (Lipinski definition) is 1. The molecule has 0 saturated carbocycles. The van der Waals surface area contributed by atoms with Crippen LogP contribution >= 0.6 is 0 Å². The molecule has 7 nitrogen and oxygen atoms in total. The van der Waals surface area contributed by atoms with E-state index in [4.69, 9.17) is 0 Å². The number of aryl methyl sites for hydroxylation is 1. The zero-order valence-corrected chi connectivity index (χ0v) is 9.11. The Hall–Kier alpha value is -1.92. The molecule has 0 aliphatic rings. The highest BCUT2D eigenvalue weighted by Gasteiger charge is 2.21. The SMILES string of the molecule is CNc1nc(N(C)C)nc(C)c1[N+](=O)[O-]. The van der Waals surface area contributed by atoms with Crippen LogP contribution in [0, 0.1) is 17.0 Å². The third kappa shape index (κ3) is 2.12. The first-order chi connectivity index (χ1) is 6.97. The molecule has 1 rings (SSSR count). The maximum Gasteiger partial charge on any atom is 0.332 e. The standard InChI is InChI=1S/C8H13N5O2/c1-5-6(13(14)15)7(9-2)11-8(10-5)12(3)4/h1-4H3,(H,9,10,11). The lowest BCUT2D eigenvalue weighted by Gasteiger charge is -2.12. The molecule has 1 aromatic heterocycles. The van der Waals surface area contributed by atoms with E-state index >= 15 is 0 Å². The van der Waals surface area contributed by atoms with Crippen LogP contribution in [0.2, 0.25) is 0 Å². The molecule has 0 atom stereocenters.